The van der Waals surface area contributed by atoms with Crippen molar-refractivity contribution < 1.29 is 4.74 Å². The molecule has 0 atom stereocenters. The van der Waals surface area contributed by atoms with Gasteiger partial charge in [-0.3, -0.25) is 0 Å². The first-order valence-corrected chi connectivity index (χ1v) is 6.64. The quantitative estimate of drug-likeness (QED) is 0.595. The summed E-state index contributed by atoms with van der Waals surface area (Å²) in [7, 11) is 0. The molecule has 1 aromatic rings. The van der Waals surface area contributed by atoms with Crippen molar-refractivity contribution in [2.24, 2.45) is 0 Å². The second-order valence-electron chi connectivity index (χ2n) is 4.45. The summed E-state index contributed by atoms with van der Waals surface area (Å²) in [5.41, 5.74) is 2.55. The highest BCUT2D eigenvalue weighted by Crippen LogP contribution is 2.05. The maximum atomic E-state index is 5.55. The highest BCUT2D eigenvalue weighted by molar-refractivity contribution is 5.50. The molecule has 0 N–H and O–H groups in total. The maximum absolute atomic E-state index is 5.55. The predicted octanol–water partition coefficient (Wildman–Crippen LogP) is 4.61. The van der Waals surface area contributed by atoms with E-state index in [1.165, 1.54) is 36.8 Å². The Morgan fingerprint density at radius 3 is 2.82 bits per heavy atom. The molecule has 0 bridgehead atoms. The molecule has 0 amide bonds. The van der Waals surface area contributed by atoms with Crippen LogP contribution >= 0.6 is 0 Å². The van der Waals surface area contributed by atoms with Gasteiger partial charge in [-0.15, -0.1) is 0 Å². The zero-order chi connectivity index (χ0) is 12.3. The van der Waals surface area contributed by atoms with E-state index in [0.29, 0.717) is 0 Å². The van der Waals surface area contributed by atoms with Crippen LogP contribution in [0.1, 0.15) is 43.7 Å². The molecule has 0 spiro atoms. The monoisotopic (exact) mass is 232 g/mol. The molecule has 94 valence electrons. The van der Waals surface area contributed by atoms with Gasteiger partial charge in [-0.1, -0.05) is 68.2 Å². The van der Waals surface area contributed by atoms with E-state index in [2.05, 4.69) is 50.3 Å². The van der Waals surface area contributed by atoms with Crippen LogP contribution in [0.2, 0.25) is 0 Å². The van der Waals surface area contributed by atoms with Crippen molar-refractivity contribution >= 4 is 6.08 Å². The lowest BCUT2D eigenvalue weighted by atomic mass is 10.1. The number of hydrogen-bond donors (Lipinski definition) is 0. The zero-order valence-electron chi connectivity index (χ0n) is 11.1. The van der Waals surface area contributed by atoms with E-state index in [4.69, 9.17) is 4.74 Å². The highest BCUT2D eigenvalue weighted by atomic mass is 16.5. The molecule has 0 fully saturated rings. The van der Waals surface area contributed by atoms with Crippen LogP contribution in [-0.4, -0.2) is 13.2 Å². The lowest BCUT2D eigenvalue weighted by Gasteiger charge is -2.00. The van der Waals surface area contributed by atoms with E-state index < -0.39 is 0 Å². The number of rotatable bonds is 8. The molecule has 0 aliphatic heterocycles. The molecule has 1 heteroatoms. The van der Waals surface area contributed by atoms with Crippen molar-refractivity contribution in [3.8, 4) is 0 Å². The molecule has 1 aromatic carbocycles. The summed E-state index contributed by atoms with van der Waals surface area (Å²) in [4.78, 5) is 0. The third kappa shape index (κ3) is 6.96. The average molecular weight is 232 g/mol. The molecular weight excluding hydrogens is 208 g/mol. The maximum Gasteiger partial charge on any atom is 0.0650 e. The molecule has 0 aromatic heterocycles. The Morgan fingerprint density at radius 1 is 1.18 bits per heavy atom. The van der Waals surface area contributed by atoms with Gasteiger partial charge in [0.05, 0.1) is 6.61 Å². The van der Waals surface area contributed by atoms with Crippen LogP contribution in [0, 0.1) is 6.92 Å². The van der Waals surface area contributed by atoms with E-state index in [1.807, 2.05) is 0 Å². The summed E-state index contributed by atoms with van der Waals surface area (Å²) in [6.45, 7) is 5.95. The van der Waals surface area contributed by atoms with Gasteiger partial charge in [0.1, 0.15) is 0 Å². The number of benzene rings is 1. The molecule has 0 radical (unpaired) electrons. The summed E-state index contributed by atoms with van der Waals surface area (Å²) >= 11 is 0. The highest BCUT2D eigenvalue weighted by Gasteiger charge is 1.89. The first kappa shape index (κ1) is 14.0. The van der Waals surface area contributed by atoms with E-state index in [1.54, 1.807) is 0 Å². The Morgan fingerprint density at radius 2 is 2.06 bits per heavy atom. The standard InChI is InChI=1S/C16H24O/c1-3-4-5-6-12-17-13-8-11-16-10-7-9-15(2)14-16/h7-11,14H,3-6,12-13H2,1-2H3/b11-8+. The van der Waals surface area contributed by atoms with Crippen molar-refractivity contribution in [1.29, 1.82) is 0 Å². The third-order valence-corrected chi connectivity index (χ3v) is 2.71. The minimum absolute atomic E-state index is 0.722. The second kappa shape index (κ2) is 9.00. The van der Waals surface area contributed by atoms with Crippen molar-refractivity contribution in [2.75, 3.05) is 13.2 Å². The van der Waals surface area contributed by atoms with Gasteiger partial charge in [0, 0.05) is 6.61 Å². The topological polar surface area (TPSA) is 9.23 Å². The van der Waals surface area contributed by atoms with Crippen molar-refractivity contribution in [1.82, 2.24) is 0 Å². The first-order valence-electron chi connectivity index (χ1n) is 6.64. The van der Waals surface area contributed by atoms with Crippen LogP contribution in [0.5, 0.6) is 0 Å². The van der Waals surface area contributed by atoms with Gasteiger partial charge in [-0.25, -0.2) is 0 Å². The summed E-state index contributed by atoms with van der Waals surface area (Å²) in [5, 5.41) is 0. The van der Waals surface area contributed by atoms with Crippen molar-refractivity contribution in [3.05, 3.63) is 41.5 Å². The average Bonchev–Trinajstić information content (AvgIpc) is 2.33. The molecule has 0 unspecified atom stereocenters. The summed E-state index contributed by atoms with van der Waals surface area (Å²) in [6.07, 6.45) is 9.30. The number of aryl methyl sites for hydroxylation is 1. The smallest absolute Gasteiger partial charge is 0.0650 e. The summed E-state index contributed by atoms with van der Waals surface area (Å²) in [6, 6.07) is 8.49. The molecule has 0 aliphatic rings. The second-order valence-corrected chi connectivity index (χ2v) is 4.45. The van der Waals surface area contributed by atoms with Crippen LogP contribution in [0.3, 0.4) is 0 Å². The zero-order valence-corrected chi connectivity index (χ0v) is 11.1. The third-order valence-electron chi connectivity index (χ3n) is 2.71. The Hall–Kier alpha value is -1.08. The molecule has 0 aliphatic carbocycles. The van der Waals surface area contributed by atoms with E-state index in [-0.39, 0.29) is 0 Å². The lowest BCUT2D eigenvalue weighted by molar-refractivity contribution is 0.157. The predicted molar refractivity (Wildman–Crippen MR) is 75.2 cm³/mol. The van der Waals surface area contributed by atoms with E-state index in [9.17, 15) is 0 Å². The van der Waals surface area contributed by atoms with Crippen LogP contribution in [0.4, 0.5) is 0 Å². The van der Waals surface area contributed by atoms with Gasteiger partial charge in [0.15, 0.2) is 0 Å². The SMILES string of the molecule is CCCCCCOC/C=C/c1cccc(C)c1. The minimum atomic E-state index is 0.722. The Labute approximate surface area is 106 Å². The Kier molecular flexibility index (Phi) is 7.40. The van der Waals surface area contributed by atoms with Crippen molar-refractivity contribution in [3.63, 3.8) is 0 Å². The summed E-state index contributed by atoms with van der Waals surface area (Å²) < 4.78 is 5.55. The Bertz CT molecular complexity index is 328. The lowest BCUT2D eigenvalue weighted by Crippen LogP contribution is -1.94. The van der Waals surface area contributed by atoms with Gasteiger partial charge in [-0.2, -0.15) is 0 Å². The van der Waals surface area contributed by atoms with Crippen LogP contribution in [-0.2, 0) is 4.74 Å². The van der Waals surface area contributed by atoms with Crippen LogP contribution in [0.15, 0.2) is 30.3 Å². The minimum Gasteiger partial charge on any atom is -0.377 e. The van der Waals surface area contributed by atoms with Crippen LogP contribution < -0.4 is 0 Å². The normalized spacial score (nSPS) is 11.2. The molecule has 0 heterocycles. The van der Waals surface area contributed by atoms with Gasteiger partial charge >= 0.3 is 0 Å². The van der Waals surface area contributed by atoms with E-state index >= 15 is 0 Å². The largest absolute Gasteiger partial charge is 0.377 e. The van der Waals surface area contributed by atoms with Gasteiger partial charge < -0.3 is 4.74 Å². The molecule has 1 rings (SSSR count). The fourth-order valence-electron chi connectivity index (χ4n) is 1.74. The van der Waals surface area contributed by atoms with Crippen LogP contribution in [0.25, 0.3) is 6.08 Å². The van der Waals surface area contributed by atoms with E-state index in [0.717, 1.165) is 13.2 Å². The molecule has 17 heavy (non-hydrogen) atoms. The Balaban J connectivity index is 2.10. The number of ether oxygens (including phenoxy) is 1. The fraction of sp³-hybridized carbons (Fsp3) is 0.500. The molecule has 1 nitrogen and oxygen atoms in total. The van der Waals surface area contributed by atoms with Crippen molar-refractivity contribution in [2.45, 2.75) is 39.5 Å². The fourth-order valence-corrected chi connectivity index (χ4v) is 1.74. The molecule has 0 saturated heterocycles. The number of hydrogen-bond acceptors (Lipinski definition) is 1. The molecule has 0 saturated carbocycles. The molecular formula is C16H24O. The number of unbranched alkanes of at least 4 members (excludes halogenated alkanes) is 3. The van der Waals surface area contributed by atoms with Gasteiger partial charge in [0.2, 0.25) is 0 Å². The summed E-state index contributed by atoms with van der Waals surface area (Å²) in [5.74, 6) is 0. The first-order chi connectivity index (χ1) is 8.33. The van der Waals surface area contributed by atoms with Gasteiger partial charge in [0.25, 0.3) is 0 Å². The van der Waals surface area contributed by atoms with Gasteiger partial charge in [-0.05, 0) is 18.9 Å².